The lowest BCUT2D eigenvalue weighted by Crippen LogP contribution is -2.35. The van der Waals surface area contributed by atoms with Crippen molar-refractivity contribution in [1.29, 1.82) is 0 Å². The second-order valence-electron chi connectivity index (χ2n) is 5.80. The number of hydrogen-bond donors (Lipinski definition) is 1. The van der Waals surface area contributed by atoms with Gasteiger partial charge in [0.15, 0.2) is 5.82 Å². The van der Waals surface area contributed by atoms with Gasteiger partial charge in [0.25, 0.3) is 0 Å². The summed E-state index contributed by atoms with van der Waals surface area (Å²) in [5.74, 6) is -0.251. The van der Waals surface area contributed by atoms with E-state index in [0.29, 0.717) is 22.9 Å². The summed E-state index contributed by atoms with van der Waals surface area (Å²) in [7, 11) is 0. The summed E-state index contributed by atoms with van der Waals surface area (Å²) in [6.45, 7) is 3.07. The molecule has 112 valence electrons. The van der Waals surface area contributed by atoms with E-state index >= 15 is 0 Å². The van der Waals surface area contributed by atoms with E-state index in [2.05, 4.69) is 16.8 Å². The molecule has 2 N–H and O–H groups in total. The van der Waals surface area contributed by atoms with Crippen molar-refractivity contribution in [2.75, 3.05) is 17.2 Å². The number of halogens is 1. The van der Waals surface area contributed by atoms with E-state index in [1.807, 2.05) is 12.1 Å². The largest absolute Gasteiger partial charge is 0.398 e. The molecule has 1 aliphatic rings. The molecule has 0 spiro atoms. The number of aromatic nitrogens is 1. The van der Waals surface area contributed by atoms with Gasteiger partial charge >= 0.3 is 0 Å². The predicted molar refractivity (Wildman–Crippen MR) is 86.0 cm³/mol. The van der Waals surface area contributed by atoms with Gasteiger partial charge in [-0.1, -0.05) is 19.8 Å². The number of fused-ring (bicyclic) bond motifs is 1. The second kappa shape index (κ2) is 5.88. The quantitative estimate of drug-likeness (QED) is 0.845. The van der Waals surface area contributed by atoms with Crippen LogP contribution in [0.3, 0.4) is 0 Å². The van der Waals surface area contributed by atoms with Gasteiger partial charge in [0.2, 0.25) is 0 Å². The fraction of sp³-hybridized carbons (Fsp3) is 0.471. The van der Waals surface area contributed by atoms with Crippen LogP contribution in [0.4, 0.5) is 15.8 Å². The smallest absolute Gasteiger partial charge is 0.150 e. The highest BCUT2D eigenvalue weighted by Gasteiger charge is 2.25. The number of nitrogens with zero attached hydrogens (tertiary/aromatic N) is 2. The van der Waals surface area contributed by atoms with Crippen LogP contribution in [0.2, 0.25) is 0 Å². The van der Waals surface area contributed by atoms with Gasteiger partial charge in [-0.2, -0.15) is 0 Å². The van der Waals surface area contributed by atoms with Crippen LogP contribution >= 0.6 is 0 Å². The van der Waals surface area contributed by atoms with Gasteiger partial charge in [-0.3, -0.25) is 4.98 Å². The molecular formula is C17H22FN3. The van der Waals surface area contributed by atoms with Crippen molar-refractivity contribution in [2.24, 2.45) is 0 Å². The topological polar surface area (TPSA) is 42.1 Å². The Morgan fingerprint density at radius 3 is 3.05 bits per heavy atom. The maximum atomic E-state index is 14.6. The van der Waals surface area contributed by atoms with Gasteiger partial charge in [-0.05, 0) is 37.5 Å². The van der Waals surface area contributed by atoms with Gasteiger partial charge < -0.3 is 10.6 Å². The van der Waals surface area contributed by atoms with Crippen LogP contribution in [0.5, 0.6) is 0 Å². The third kappa shape index (κ3) is 2.55. The van der Waals surface area contributed by atoms with Gasteiger partial charge in [-0.25, -0.2) is 4.39 Å². The number of nitrogen functional groups attached to an aromatic ring is 1. The van der Waals surface area contributed by atoms with Crippen LogP contribution < -0.4 is 10.6 Å². The zero-order valence-corrected chi connectivity index (χ0v) is 12.5. The van der Waals surface area contributed by atoms with Crippen molar-refractivity contribution in [1.82, 2.24) is 4.98 Å². The lowest BCUT2D eigenvalue weighted by atomic mass is 10.0. The number of pyridine rings is 1. The van der Waals surface area contributed by atoms with Crippen molar-refractivity contribution < 1.29 is 4.39 Å². The van der Waals surface area contributed by atoms with Crippen LogP contribution in [-0.4, -0.2) is 17.6 Å². The standard InChI is InChI=1S/C17H22FN3/c1-2-12-7-4-3-5-10-21(12)17-14(18)11-15(19)13-8-6-9-20-16(13)17/h6,8-9,11-12H,2-5,7,10,19H2,1H3. The Morgan fingerprint density at radius 1 is 1.38 bits per heavy atom. The Bertz CT molecular complexity index is 641. The third-order valence-corrected chi connectivity index (χ3v) is 4.49. The Morgan fingerprint density at radius 2 is 2.24 bits per heavy atom. The van der Waals surface area contributed by atoms with Crippen LogP contribution in [0.15, 0.2) is 24.4 Å². The maximum absolute atomic E-state index is 14.6. The van der Waals surface area contributed by atoms with E-state index in [1.165, 1.54) is 18.9 Å². The first-order valence-corrected chi connectivity index (χ1v) is 7.81. The number of hydrogen-bond acceptors (Lipinski definition) is 3. The number of rotatable bonds is 2. The van der Waals surface area contributed by atoms with Gasteiger partial charge in [0.1, 0.15) is 5.69 Å². The molecule has 0 radical (unpaired) electrons. The van der Waals surface area contributed by atoms with E-state index in [0.717, 1.165) is 31.2 Å². The van der Waals surface area contributed by atoms with Crippen molar-refractivity contribution in [3.8, 4) is 0 Å². The van der Waals surface area contributed by atoms with E-state index in [4.69, 9.17) is 5.73 Å². The molecule has 1 aromatic carbocycles. The molecule has 0 amide bonds. The molecule has 1 aliphatic heterocycles. The lowest BCUT2D eigenvalue weighted by molar-refractivity contribution is 0.541. The van der Waals surface area contributed by atoms with Gasteiger partial charge in [0.05, 0.1) is 5.52 Å². The average molecular weight is 287 g/mol. The number of benzene rings is 1. The molecule has 0 bridgehead atoms. The first-order chi connectivity index (χ1) is 10.2. The van der Waals surface area contributed by atoms with Crippen LogP contribution in [-0.2, 0) is 0 Å². The van der Waals surface area contributed by atoms with Crippen LogP contribution in [0.1, 0.15) is 39.0 Å². The molecule has 0 saturated carbocycles. The van der Waals surface area contributed by atoms with Crippen molar-refractivity contribution in [3.63, 3.8) is 0 Å². The Hall–Kier alpha value is -1.84. The van der Waals surface area contributed by atoms with Crippen molar-refractivity contribution in [3.05, 3.63) is 30.2 Å². The Labute approximate surface area is 125 Å². The molecule has 4 heteroatoms. The van der Waals surface area contributed by atoms with E-state index in [9.17, 15) is 4.39 Å². The Kier molecular flexibility index (Phi) is 3.95. The lowest BCUT2D eigenvalue weighted by Gasteiger charge is -2.32. The molecule has 3 rings (SSSR count). The molecule has 1 fully saturated rings. The molecule has 3 nitrogen and oxygen atoms in total. The van der Waals surface area contributed by atoms with E-state index in [1.54, 1.807) is 6.20 Å². The summed E-state index contributed by atoms with van der Waals surface area (Å²) in [5, 5.41) is 0.841. The monoisotopic (exact) mass is 287 g/mol. The maximum Gasteiger partial charge on any atom is 0.150 e. The minimum atomic E-state index is -0.251. The average Bonchev–Trinajstić information content (AvgIpc) is 2.73. The minimum Gasteiger partial charge on any atom is -0.398 e. The first kappa shape index (κ1) is 14.1. The highest BCUT2D eigenvalue weighted by molar-refractivity contribution is 5.99. The fourth-order valence-electron chi connectivity index (χ4n) is 3.39. The van der Waals surface area contributed by atoms with Crippen LogP contribution in [0.25, 0.3) is 10.9 Å². The summed E-state index contributed by atoms with van der Waals surface area (Å²) < 4.78 is 14.6. The van der Waals surface area contributed by atoms with Crippen LogP contribution in [0, 0.1) is 5.82 Å². The van der Waals surface area contributed by atoms with Crippen molar-refractivity contribution in [2.45, 2.75) is 45.1 Å². The summed E-state index contributed by atoms with van der Waals surface area (Å²) >= 11 is 0. The molecule has 0 aliphatic carbocycles. The molecule has 1 saturated heterocycles. The van der Waals surface area contributed by atoms with Crippen molar-refractivity contribution >= 4 is 22.3 Å². The highest BCUT2D eigenvalue weighted by Crippen LogP contribution is 2.35. The first-order valence-electron chi connectivity index (χ1n) is 7.81. The molecule has 2 heterocycles. The molecule has 21 heavy (non-hydrogen) atoms. The van der Waals surface area contributed by atoms with E-state index < -0.39 is 0 Å². The normalized spacial score (nSPS) is 19.7. The predicted octanol–water partition coefficient (Wildman–Crippen LogP) is 4.12. The molecule has 2 aromatic rings. The SMILES string of the molecule is CCC1CCCCCN1c1c(F)cc(N)c2cccnc12. The second-order valence-corrected chi connectivity index (χ2v) is 5.80. The molecule has 1 atom stereocenters. The third-order valence-electron chi connectivity index (χ3n) is 4.49. The van der Waals surface area contributed by atoms with Gasteiger partial charge in [-0.15, -0.1) is 0 Å². The summed E-state index contributed by atoms with van der Waals surface area (Å²) in [6.07, 6.45) is 7.40. The number of anilines is 2. The van der Waals surface area contributed by atoms with E-state index in [-0.39, 0.29) is 5.82 Å². The minimum absolute atomic E-state index is 0.251. The summed E-state index contributed by atoms with van der Waals surface area (Å²) in [4.78, 5) is 6.64. The molecule has 1 unspecified atom stereocenters. The number of nitrogens with two attached hydrogens (primary N) is 1. The van der Waals surface area contributed by atoms with Gasteiger partial charge in [0, 0.05) is 29.9 Å². The highest BCUT2D eigenvalue weighted by atomic mass is 19.1. The molecule has 1 aromatic heterocycles. The summed E-state index contributed by atoms with van der Waals surface area (Å²) in [6, 6.07) is 5.59. The Balaban J connectivity index is 2.18. The molecular weight excluding hydrogens is 265 g/mol. The zero-order chi connectivity index (χ0) is 14.8. The fourth-order valence-corrected chi connectivity index (χ4v) is 3.39. The zero-order valence-electron chi connectivity index (χ0n) is 12.5. The summed E-state index contributed by atoms with van der Waals surface area (Å²) in [5.41, 5.74) is 7.74.